The second-order valence-electron chi connectivity index (χ2n) is 3.54. The Morgan fingerprint density at radius 2 is 1.82 bits per heavy atom. The molecule has 0 aromatic carbocycles. The molecule has 0 spiro atoms. The first-order chi connectivity index (χ1) is 5.27. The van der Waals surface area contributed by atoms with E-state index in [1.54, 1.807) is 0 Å². The predicted molar refractivity (Wildman–Crippen MR) is 43.2 cm³/mol. The second-order valence-corrected chi connectivity index (χ2v) is 3.54. The molecule has 0 atom stereocenters. The van der Waals surface area contributed by atoms with E-state index in [2.05, 4.69) is 0 Å². The molecule has 1 nitrogen and oxygen atoms in total. The number of halogens is 1. The van der Waals surface area contributed by atoms with Crippen molar-refractivity contribution in [2.75, 3.05) is 6.61 Å². The van der Waals surface area contributed by atoms with E-state index in [0.29, 0.717) is 25.7 Å². The summed E-state index contributed by atoms with van der Waals surface area (Å²) in [6, 6.07) is 0. The molecule has 2 heteroatoms. The molecule has 0 radical (unpaired) electrons. The third kappa shape index (κ3) is 2.78. The van der Waals surface area contributed by atoms with Crippen LogP contribution in [0.5, 0.6) is 0 Å². The Labute approximate surface area is 67.6 Å². The van der Waals surface area contributed by atoms with E-state index in [0.717, 1.165) is 12.8 Å². The van der Waals surface area contributed by atoms with Crippen molar-refractivity contribution >= 4 is 0 Å². The molecule has 1 aliphatic rings. The van der Waals surface area contributed by atoms with Gasteiger partial charge in [0, 0.05) is 6.61 Å². The smallest absolute Gasteiger partial charge is 0.111 e. The average Bonchev–Trinajstić information content (AvgIpc) is 2.03. The second kappa shape index (κ2) is 4.05. The summed E-state index contributed by atoms with van der Waals surface area (Å²) >= 11 is 0. The molecule has 1 saturated carbocycles. The Kier molecular flexibility index (Phi) is 3.31. The van der Waals surface area contributed by atoms with Crippen LogP contribution in [0.25, 0.3) is 0 Å². The summed E-state index contributed by atoms with van der Waals surface area (Å²) < 4.78 is 13.6. The zero-order chi connectivity index (χ0) is 8.16. The maximum Gasteiger partial charge on any atom is 0.111 e. The molecule has 1 N–H and O–H groups in total. The summed E-state index contributed by atoms with van der Waals surface area (Å²) in [4.78, 5) is 0. The molecule has 0 aromatic heterocycles. The Bertz CT molecular complexity index is 108. The van der Waals surface area contributed by atoms with Gasteiger partial charge in [0.2, 0.25) is 0 Å². The monoisotopic (exact) mass is 160 g/mol. The molecule has 1 aliphatic carbocycles. The molecule has 11 heavy (non-hydrogen) atoms. The molecule has 1 rings (SSSR count). The molecule has 0 aromatic rings. The highest BCUT2D eigenvalue weighted by molar-refractivity contribution is 4.82. The summed E-state index contributed by atoms with van der Waals surface area (Å²) in [5.74, 6) is 0. The minimum absolute atomic E-state index is 0.131. The van der Waals surface area contributed by atoms with Crippen LogP contribution in [0.15, 0.2) is 0 Å². The number of hydrogen-bond donors (Lipinski definition) is 1. The first-order valence-electron chi connectivity index (χ1n) is 4.57. The fourth-order valence-electron chi connectivity index (χ4n) is 1.83. The van der Waals surface area contributed by atoms with Gasteiger partial charge in [0.05, 0.1) is 0 Å². The van der Waals surface area contributed by atoms with Crippen LogP contribution in [-0.4, -0.2) is 17.4 Å². The average molecular weight is 160 g/mol. The van der Waals surface area contributed by atoms with Crippen molar-refractivity contribution < 1.29 is 9.50 Å². The SMILES string of the molecule is OCCCC1(F)CCCCC1. The Balaban J connectivity index is 2.25. The summed E-state index contributed by atoms with van der Waals surface area (Å²) in [7, 11) is 0. The molecule has 0 saturated heterocycles. The third-order valence-corrected chi connectivity index (χ3v) is 2.53. The van der Waals surface area contributed by atoms with Gasteiger partial charge in [0.1, 0.15) is 5.67 Å². The van der Waals surface area contributed by atoms with Gasteiger partial charge in [0.25, 0.3) is 0 Å². The number of aliphatic hydroxyl groups excluding tert-OH is 1. The lowest BCUT2D eigenvalue weighted by Gasteiger charge is -2.29. The number of aliphatic hydroxyl groups is 1. The number of hydrogen-bond acceptors (Lipinski definition) is 1. The van der Waals surface area contributed by atoms with Gasteiger partial charge in [-0.15, -0.1) is 0 Å². The van der Waals surface area contributed by atoms with E-state index >= 15 is 0 Å². The van der Waals surface area contributed by atoms with E-state index in [1.807, 2.05) is 0 Å². The van der Waals surface area contributed by atoms with Gasteiger partial charge in [-0.25, -0.2) is 4.39 Å². The lowest BCUT2D eigenvalue weighted by molar-refractivity contribution is 0.0862. The van der Waals surface area contributed by atoms with E-state index in [1.165, 1.54) is 6.42 Å². The summed E-state index contributed by atoms with van der Waals surface area (Å²) in [5, 5.41) is 8.54. The molecule has 0 bridgehead atoms. The van der Waals surface area contributed by atoms with E-state index < -0.39 is 5.67 Å². The zero-order valence-corrected chi connectivity index (χ0v) is 6.98. The van der Waals surface area contributed by atoms with Crippen LogP contribution in [0, 0.1) is 0 Å². The van der Waals surface area contributed by atoms with Crippen LogP contribution in [0.1, 0.15) is 44.9 Å². The fraction of sp³-hybridized carbons (Fsp3) is 1.00. The minimum Gasteiger partial charge on any atom is -0.396 e. The van der Waals surface area contributed by atoms with Crippen molar-refractivity contribution in [1.29, 1.82) is 0 Å². The summed E-state index contributed by atoms with van der Waals surface area (Å²) in [5.41, 5.74) is -0.930. The van der Waals surface area contributed by atoms with Gasteiger partial charge in [-0.1, -0.05) is 19.3 Å². The van der Waals surface area contributed by atoms with E-state index in [4.69, 9.17) is 5.11 Å². The molecule has 0 aliphatic heterocycles. The van der Waals surface area contributed by atoms with Crippen molar-refractivity contribution in [2.24, 2.45) is 0 Å². The van der Waals surface area contributed by atoms with Gasteiger partial charge in [-0.05, 0) is 25.7 Å². The van der Waals surface area contributed by atoms with Crippen LogP contribution in [0.4, 0.5) is 4.39 Å². The maximum absolute atomic E-state index is 13.6. The zero-order valence-electron chi connectivity index (χ0n) is 6.98. The van der Waals surface area contributed by atoms with Crippen molar-refractivity contribution in [3.63, 3.8) is 0 Å². The van der Waals surface area contributed by atoms with Crippen molar-refractivity contribution in [1.82, 2.24) is 0 Å². The predicted octanol–water partition coefficient (Wildman–Crippen LogP) is 2.43. The van der Waals surface area contributed by atoms with E-state index in [-0.39, 0.29) is 6.61 Å². The number of alkyl halides is 1. The van der Waals surface area contributed by atoms with Gasteiger partial charge in [-0.2, -0.15) is 0 Å². The van der Waals surface area contributed by atoms with E-state index in [9.17, 15) is 4.39 Å². The van der Waals surface area contributed by atoms with Crippen molar-refractivity contribution in [3.05, 3.63) is 0 Å². The molecule has 0 heterocycles. The Hall–Kier alpha value is -0.110. The number of rotatable bonds is 3. The van der Waals surface area contributed by atoms with Crippen LogP contribution in [-0.2, 0) is 0 Å². The molecule has 0 unspecified atom stereocenters. The van der Waals surface area contributed by atoms with Gasteiger partial charge < -0.3 is 5.11 Å². The molecular formula is C9H17FO. The van der Waals surface area contributed by atoms with Crippen LogP contribution in [0.3, 0.4) is 0 Å². The summed E-state index contributed by atoms with van der Waals surface area (Å²) in [6.45, 7) is 0.131. The van der Waals surface area contributed by atoms with Gasteiger partial charge in [0.15, 0.2) is 0 Å². The quantitative estimate of drug-likeness (QED) is 0.672. The van der Waals surface area contributed by atoms with Crippen LogP contribution < -0.4 is 0 Å². The van der Waals surface area contributed by atoms with Crippen LogP contribution in [0.2, 0.25) is 0 Å². The van der Waals surface area contributed by atoms with Crippen molar-refractivity contribution in [3.8, 4) is 0 Å². The van der Waals surface area contributed by atoms with Gasteiger partial charge in [-0.3, -0.25) is 0 Å². The third-order valence-electron chi connectivity index (χ3n) is 2.53. The molecular weight excluding hydrogens is 143 g/mol. The van der Waals surface area contributed by atoms with Crippen LogP contribution >= 0.6 is 0 Å². The lowest BCUT2D eigenvalue weighted by Crippen LogP contribution is -2.26. The molecule has 66 valence electrons. The first kappa shape index (κ1) is 8.98. The molecule has 1 fully saturated rings. The summed E-state index contributed by atoms with van der Waals surface area (Å²) in [6.07, 6.45) is 5.86. The first-order valence-corrected chi connectivity index (χ1v) is 4.57. The largest absolute Gasteiger partial charge is 0.396 e. The topological polar surface area (TPSA) is 20.2 Å². The highest BCUT2D eigenvalue weighted by atomic mass is 19.1. The standard InChI is InChI=1S/C9H17FO/c10-9(7-4-8-11)5-2-1-3-6-9/h11H,1-8H2. The maximum atomic E-state index is 13.6. The highest BCUT2D eigenvalue weighted by Crippen LogP contribution is 2.35. The fourth-order valence-corrected chi connectivity index (χ4v) is 1.83. The Morgan fingerprint density at radius 1 is 1.18 bits per heavy atom. The Morgan fingerprint density at radius 3 is 2.36 bits per heavy atom. The van der Waals surface area contributed by atoms with Gasteiger partial charge >= 0.3 is 0 Å². The lowest BCUT2D eigenvalue weighted by atomic mass is 9.83. The minimum atomic E-state index is -0.930. The van der Waals surface area contributed by atoms with Crippen molar-refractivity contribution in [2.45, 2.75) is 50.6 Å². The highest BCUT2D eigenvalue weighted by Gasteiger charge is 2.30. The normalized spacial score (nSPS) is 23.5. The molecule has 0 amide bonds.